The van der Waals surface area contributed by atoms with Crippen LogP contribution >= 0.6 is 27.5 Å². The van der Waals surface area contributed by atoms with Crippen LogP contribution in [0.1, 0.15) is 32.2 Å². The van der Waals surface area contributed by atoms with Crippen LogP contribution in [-0.2, 0) is 10.9 Å². The van der Waals surface area contributed by atoms with Gasteiger partial charge >= 0.3 is 0 Å². The van der Waals surface area contributed by atoms with Gasteiger partial charge in [-0.3, -0.25) is 0 Å². The second kappa shape index (κ2) is 5.25. The molecule has 0 amide bonds. The van der Waals surface area contributed by atoms with Gasteiger partial charge in [0.15, 0.2) is 5.82 Å². The number of benzene rings is 1. The average Bonchev–Trinajstić information content (AvgIpc) is 2.76. The minimum absolute atomic E-state index is 0.0866. The Balaban J connectivity index is 2.70. The van der Waals surface area contributed by atoms with Crippen molar-refractivity contribution in [3.63, 3.8) is 0 Å². The monoisotopic (exact) mass is 341 g/mol. The summed E-state index contributed by atoms with van der Waals surface area (Å²) in [5.74, 6) is 1.78. The second-order valence-electron chi connectivity index (χ2n) is 5.49. The fraction of sp³-hybridized carbons (Fsp3) is 0.429. The summed E-state index contributed by atoms with van der Waals surface area (Å²) in [6.07, 6.45) is 0. The first-order chi connectivity index (χ1) is 8.86. The van der Waals surface area contributed by atoms with Crippen molar-refractivity contribution in [1.82, 2.24) is 14.8 Å². The van der Waals surface area contributed by atoms with Crippen molar-refractivity contribution in [1.29, 1.82) is 0 Å². The molecule has 1 aromatic carbocycles. The average molecular weight is 343 g/mol. The van der Waals surface area contributed by atoms with Gasteiger partial charge in [-0.25, -0.2) is 0 Å². The minimum Gasteiger partial charge on any atom is -0.305 e. The van der Waals surface area contributed by atoms with Crippen molar-refractivity contribution in [2.45, 2.75) is 38.6 Å². The van der Waals surface area contributed by atoms with Crippen molar-refractivity contribution < 1.29 is 0 Å². The number of alkyl halides is 1. The first kappa shape index (κ1) is 14.5. The fourth-order valence-corrected chi connectivity index (χ4v) is 2.67. The molecule has 0 saturated heterocycles. The summed E-state index contributed by atoms with van der Waals surface area (Å²) in [7, 11) is 0. The van der Waals surface area contributed by atoms with Gasteiger partial charge in [-0.2, -0.15) is 0 Å². The highest BCUT2D eigenvalue weighted by molar-refractivity contribution is 9.08. The van der Waals surface area contributed by atoms with Gasteiger partial charge in [0.1, 0.15) is 5.82 Å². The van der Waals surface area contributed by atoms with Crippen LogP contribution in [0.15, 0.2) is 18.2 Å². The zero-order chi connectivity index (χ0) is 14.2. The van der Waals surface area contributed by atoms with Gasteiger partial charge in [-0.15, -0.1) is 10.2 Å². The van der Waals surface area contributed by atoms with Gasteiger partial charge in [-0.1, -0.05) is 39.7 Å². The predicted octanol–water partition coefficient (Wildman–Crippen LogP) is 4.56. The number of rotatable bonds is 2. The molecular weight excluding hydrogens is 326 g/mol. The highest BCUT2D eigenvalue weighted by atomic mass is 79.9. The molecule has 0 radical (unpaired) electrons. The van der Waals surface area contributed by atoms with Crippen LogP contribution in [0.25, 0.3) is 11.4 Å². The molecule has 0 bridgehead atoms. The van der Waals surface area contributed by atoms with E-state index in [1.54, 1.807) is 0 Å². The summed E-state index contributed by atoms with van der Waals surface area (Å²) in [5, 5.41) is 10.0. The molecule has 2 rings (SSSR count). The fourth-order valence-electron chi connectivity index (χ4n) is 2.13. The summed E-state index contributed by atoms with van der Waals surface area (Å²) in [5.41, 5.74) is 1.97. The van der Waals surface area contributed by atoms with E-state index < -0.39 is 0 Å². The van der Waals surface area contributed by atoms with E-state index in [1.807, 2.05) is 25.1 Å². The van der Waals surface area contributed by atoms with Gasteiger partial charge in [0, 0.05) is 16.1 Å². The third-order valence-electron chi connectivity index (χ3n) is 3.03. The highest BCUT2D eigenvalue weighted by Gasteiger charge is 2.24. The molecule has 102 valence electrons. The first-order valence-corrected chi connectivity index (χ1v) is 7.62. The molecule has 2 aromatic rings. The van der Waals surface area contributed by atoms with Crippen molar-refractivity contribution >= 4 is 27.5 Å². The van der Waals surface area contributed by atoms with Gasteiger partial charge in [0.05, 0.1) is 5.33 Å². The summed E-state index contributed by atoms with van der Waals surface area (Å²) in [6, 6.07) is 5.87. The highest BCUT2D eigenvalue weighted by Crippen LogP contribution is 2.31. The Hall–Kier alpha value is -0.870. The van der Waals surface area contributed by atoms with Crippen molar-refractivity contribution in [2.75, 3.05) is 0 Å². The number of hydrogen-bond acceptors (Lipinski definition) is 2. The SMILES string of the molecule is Cc1c(Cl)cccc1-c1nnc(CBr)n1C(C)(C)C. The third-order valence-corrected chi connectivity index (χ3v) is 3.94. The molecule has 0 aliphatic carbocycles. The normalized spacial score (nSPS) is 11.9. The van der Waals surface area contributed by atoms with Crippen LogP contribution in [0.4, 0.5) is 0 Å². The maximum atomic E-state index is 6.20. The van der Waals surface area contributed by atoms with Gasteiger partial charge in [0.25, 0.3) is 0 Å². The first-order valence-electron chi connectivity index (χ1n) is 6.12. The van der Waals surface area contributed by atoms with E-state index in [-0.39, 0.29) is 5.54 Å². The Kier molecular flexibility index (Phi) is 4.02. The quantitative estimate of drug-likeness (QED) is 0.749. The Labute approximate surface area is 127 Å². The minimum atomic E-state index is -0.0866. The number of hydrogen-bond donors (Lipinski definition) is 0. The van der Waals surface area contributed by atoms with Gasteiger partial charge in [-0.05, 0) is 39.3 Å². The topological polar surface area (TPSA) is 30.7 Å². The van der Waals surface area contributed by atoms with Crippen molar-refractivity contribution in [3.05, 3.63) is 34.6 Å². The van der Waals surface area contributed by atoms with Crippen LogP contribution in [0.3, 0.4) is 0 Å². The molecule has 1 heterocycles. The second-order valence-corrected chi connectivity index (χ2v) is 6.46. The molecule has 0 aliphatic heterocycles. The Morgan fingerprint density at radius 3 is 2.53 bits per heavy atom. The summed E-state index contributed by atoms with van der Waals surface area (Å²) < 4.78 is 2.15. The van der Waals surface area contributed by atoms with E-state index in [0.717, 1.165) is 27.8 Å². The van der Waals surface area contributed by atoms with E-state index in [0.29, 0.717) is 5.33 Å². The molecule has 3 nitrogen and oxygen atoms in total. The molecule has 0 aliphatic rings. The molecular formula is C14H17BrClN3. The standard InChI is InChI=1S/C14H17BrClN3/c1-9-10(6-5-7-11(9)16)13-18-17-12(8-15)19(13)14(2,3)4/h5-7H,8H2,1-4H3. The Morgan fingerprint density at radius 1 is 1.26 bits per heavy atom. The van der Waals surface area contributed by atoms with E-state index in [1.165, 1.54) is 0 Å². The summed E-state index contributed by atoms with van der Waals surface area (Å²) >= 11 is 9.67. The molecule has 0 N–H and O–H groups in total. The van der Waals surface area contributed by atoms with Crippen molar-refractivity contribution in [3.8, 4) is 11.4 Å². The lowest BCUT2D eigenvalue weighted by molar-refractivity contribution is 0.391. The van der Waals surface area contributed by atoms with Gasteiger partial charge < -0.3 is 4.57 Å². The number of nitrogens with zero attached hydrogens (tertiary/aromatic N) is 3. The maximum Gasteiger partial charge on any atom is 0.164 e. The molecule has 0 saturated carbocycles. The van der Waals surface area contributed by atoms with Crippen LogP contribution in [0.2, 0.25) is 5.02 Å². The van der Waals surface area contributed by atoms with Crippen LogP contribution in [-0.4, -0.2) is 14.8 Å². The number of halogens is 2. The maximum absolute atomic E-state index is 6.20. The molecule has 0 unspecified atom stereocenters. The van der Waals surface area contributed by atoms with E-state index in [4.69, 9.17) is 11.6 Å². The zero-order valence-electron chi connectivity index (χ0n) is 11.5. The van der Waals surface area contributed by atoms with Crippen LogP contribution in [0.5, 0.6) is 0 Å². The molecule has 0 fully saturated rings. The molecule has 0 spiro atoms. The zero-order valence-corrected chi connectivity index (χ0v) is 13.9. The lowest BCUT2D eigenvalue weighted by Gasteiger charge is -2.25. The molecule has 19 heavy (non-hydrogen) atoms. The van der Waals surface area contributed by atoms with Crippen LogP contribution in [0, 0.1) is 6.92 Å². The lowest BCUT2D eigenvalue weighted by atomic mass is 10.0. The van der Waals surface area contributed by atoms with E-state index in [2.05, 4.69) is 51.5 Å². The smallest absolute Gasteiger partial charge is 0.164 e. The third kappa shape index (κ3) is 2.70. The van der Waals surface area contributed by atoms with Gasteiger partial charge in [0.2, 0.25) is 0 Å². The molecule has 1 aromatic heterocycles. The Morgan fingerprint density at radius 2 is 1.95 bits per heavy atom. The lowest BCUT2D eigenvalue weighted by Crippen LogP contribution is -2.25. The van der Waals surface area contributed by atoms with E-state index in [9.17, 15) is 0 Å². The Bertz CT molecular complexity index is 599. The molecule has 0 atom stereocenters. The summed E-state index contributed by atoms with van der Waals surface area (Å²) in [4.78, 5) is 0. The summed E-state index contributed by atoms with van der Waals surface area (Å²) in [6.45, 7) is 8.44. The van der Waals surface area contributed by atoms with Crippen LogP contribution < -0.4 is 0 Å². The largest absolute Gasteiger partial charge is 0.305 e. The number of aromatic nitrogens is 3. The van der Waals surface area contributed by atoms with E-state index >= 15 is 0 Å². The predicted molar refractivity (Wildman–Crippen MR) is 82.8 cm³/mol. The molecule has 5 heteroatoms. The van der Waals surface area contributed by atoms with Crippen molar-refractivity contribution in [2.24, 2.45) is 0 Å².